The van der Waals surface area contributed by atoms with E-state index in [0.717, 1.165) is 18.4 Å². The maximum atomic E-state index is 12.2. The summed E-state index contributed by atoms with van der Waals surface area (Å²) >= 11 is 4.80. The van der Waals surface area contributed by atoms with Crippen molar-refractivity contribution in [2.24, 2.45) is 0 Å². The molecule has 0 radical (unpaired) electrons. The van der Waals surface area contributed by atoms with Crippen LogP contribution in [0.2, 0.25) is 0 Å². The number of H-pyrrole nitrogens is 2. The third kappa shape index (κ3) is 5.62. The van der Waals surface area contributed by atoms with E-state index in [2.05, 4.69) is 15.4 Å². The smallest absolute Gasteiger partial charge is 0.257 e. The van der Waals surface area contributed by atoms with Gasteiger partial charge in [-0.2, -0.15) is 0 Å². The van der Waals surface area contributed by atoms with Crippen LogP contribution in [0.1, 0.15) is 24.6 Å². The number of amides is 1. The second-order valence-corrected chi connectivity index (χ2v) is 7.43. The lowest BCUT2D eigenvalue weighted by molar-refractivity contribution is -0.120. The quantitative estimate of drug-likeness (QED) is 0.419. The molecule has 4 N–H and O–H groups in total. The van der Waals surface area contributed by atoms with Crippen LogP contribution in [0.15, 0.2) is 40.0 Å². The van der Waals surface area contributed by atoms with Crippen LogP contribution < -0.4 is 15.8 Å². The standard InChI is InChI=1S/C15H18N4O4S2/c1-2-3-10-4-6-12(7-5-10)25(22,23)19-18-14(21)9-11-8-13(20)17-15(24)16-11/h4-8,19H,2-3,9H2,1H3,(H,18,21)(H2,16,17,20,24). The second kappa shape index (κ2) is 8.19. The maximum Gasteiger partial charge on any atom is 0.257 e. The Labute approximate surface area is 149 Å². The van der Waals surface area contributed by atoms with Crippen LogP contribution in [-0.2, 0) is 27.7 Å². The summed E-state index contributed by atoms with van der Waals surface area (Å²) in [5, 5.41) is 0. The fourth-order valence-electron chi connectivity index (χ4n) is 2.14. The van der Waals surface area contributed by atoms with Crippen molar-refractivity contribution >= 4 is 28.1 Å². The van der Waals surface area contributed by atoms with Gasteiger partial charge in [-0.15, -0.1) is 4.83 Å². The van der Waals surface area contributed by atoms with Gasteiger partial charge in [-0.25, -0.2) is 8.42 Å². The number of hydrogen-bond acceptors (Lipinski definition) is 5. The lowest BCUT2D eigenvalue weighted by Gasteiger charge is -2.09. The number of aromatic nitrogens is 2. The maximum absolute atomic E-state index is 12.2. The van der Waals surface area contributed by atoms with Crippen molar-refractivity contribution in [1.82, 2.24) is 20.2 Å². The third-order valence-electron chi connectivity index (χ3n) is 3.26. The molecule has 2 aromatic rings. The van der Waals surface area contributed by atoms with Gasteiger partial charge < -0.3 is 4.98 Å². The van der Waals surface area contributed by atoms with E-state index >= 15 is 0 Å². The molecule has 1 aromatic heterocycles. The number of carbonyl (C=O) groups excluding carboxylic acids is 1. The second-order valence-electron chi connectivity index (χ2n) is 5.34. The highest BCUT2D eigenvalue weighted by atomic mass is 32.2. The average molecular weight is 382 g/mol. The van der Waals surface area contributed by atoms with E-state index < -0.39 is 21.5 Å². The van der Waals surface area contributed by atoms with Gasteiger partial charge in [0, 0.05) is 11.8 Å². The highest BCUT2D eigenvalue weighted by molar-refractivity contribution is 7.89. The minimum atomic E-state index is -3.88. The van der Waals surface area contributed by atoms with Gasteiger partial charge >= 0.3 is 0 Å². The van der Waals surface area contributed by atoms with Gasteiger partial charge in [0.1, 0.15) is 0 Å². The molecule has 0 aliphatic heterocycles. The van der Waals surface area contributed by atoms with Crippen LogP contribution in [0, 0.1) is 4.77 Å². The molecule has 0 bridgehead atoms. The molecule has 0 fully saturated rings. The zero-order valence-corrected chi connectivity index (χ0v) is 15.1. The Morgan fingerprint density at radius 3 is 2.48 bits per heavy atom. The lowest BCUT2D eigenvalue weighted by Crippen LogP contribution is -2.42. The Bertz CT molecular complexity index is 934. The highest BCUT2D eigenvalue weighted by Crippen LogP contribution is 2.11. The zero-order chi connectivity index (χ0) is 18.4. The van der Waals surface area contributed by atoms with Crippen molar-refractivity contribution in [1.29, 1.82) is 0 Å². The fraction of sp³-hybridized carbons (Fsp3) is 0.267. The van der Waals surface area contributed by atoms with Crippen molar-refractivity contribution < 1.29 is 13.2 Å². The Kier molecular flexibility index (Phi) is 6.23. The van der Waals surface area contributed by atoms with Crippen LogP contribution in [0.3, 0.4) is 0 Å². The Morgan fingerprint density at radius 1 is 1.20 bits per heavy atom. The van der Waals surface area contributed by atoms with E-state index in [9.17, 15) is 18.0 Å². The molecule has 0 unspecified atom stereocenters. The van der Waals surface area contributed by atoms with Gasteiger partial charge in [0.15, 0.2) is 4.77 Å². The van der Waals surface area contributed by atoms with E-state index in [4.69, 9.17) is 12.2 Å². The molecule has 0 aliphatic rings. The summed E-state index contributed by atoms with van der Waals surface area (Å²) in [4.78, 5) is 30.2. The van der Waals surface area contributed by atoms with Crippen molar-refractivity contribution in [2.45, 2.75) is 31.1 Å². The minimum absolute atomic E-state index is 0.0446. The first kappa shape index (κ1) is 19.0. The molecule has 0 aliphatic carbocycles. The number of nitrogens with one attached hydrogen (secondary N) is 4. The molecular weight excluding hydrogens is 364 g/mol. The zero-order valence-electron chi connectivity index (χ0n) is 13.5. The molecule has 0 saturated heterocycles. The summed E-state index contributed by atoms with van der Waals surface area (Å²) < 4.78 is 24.4. The van der Waals surface area contributed by atoms with Crippen molar-refractivity contribution in [3.63, 3.8) is 0 Å². The van der Waals surface area contributed by atoms with Gasteiger partial charge in [0.25, 0.3) is 15.6 Å². The molecule has 1 aromatic carbocycles. The van der Waals surface area contributed by atoms with Gasteiger partial charge in [-0.05, 0) is 36.3 Å². The van der Waals surface area contributed by atoms with Crippen LogP contribution in [0.25, 0.3) is 0 Å². The van der Waals surface area contributed by atoms with Gasteiger partial charge in [-0.3, -0.25) is 20.0 Å². The number of sulfonamides is 1. The van der Waals surface area contributed by atoms with E-state index in [1.807, 2.05) is 11.8 Å². The normalized spacial score (nSPS) is 11.2. The van der Waals surface area contributed by atoms with Gasteiger partial charge in [0.2, 0.25) is 5.91 Å². The van der Waals surface area contributed by atoms with E-state index in [0.29, 0.717) is 0 Å². The Balaban J connectivity index is 1.99. The molecule has 0 saturated carbocycles. The number of aryl methyl sites for hydroxylation is 1. The number of aromatic amines is 2. The van der Waals surface area contributed by atoms with Crippen molar-refractivity contribution in [3.05, 3.63) is 56.7 Å². The molecule has 2 rings (SSSR count). The summed E-state index contributed by atoms with van der Waals surface area (Å²) in [5.41, 5.74) is 2.97. The summed E-state index contributed by atoms with van der Waals surface area (Å²) in [5.74, 6) is -0.637. The predicted octanol–water partition coefficient (Wildman–Crippen LogP) is 0.937. The summed E-state index contributed by atoms with van der Waals surface area (Å²) in [6.07, 6.45) is 1.60. The first-order chi connectivity index (χ1) is 11.8. The molecule has 8 nitrogen and oxygen atoms in total. The number of hydrazine groups is 1. The topological polar surface area (TPSA) is 124 Å². The van der Waals surface area contributed by atoms with Crippen LogP contribution >= 0.6 is 12.2 Å². The first-order valence-electron chi connectivity index (χ1n) is 7.52. The van der Waals surface area contributed by atoms with Gasteiger partial charge in [0.05, 0.1) is 11.3 Å². The van der Waals surface area contributed by atoms with Crippen LogP contribution in [0.4, 0.5) is 0 Å². The fourth-order valence-corrected chi connectivity index (χ4v) is 3.23. The molecular formula is C15H18N4O4S2. The predicted molar refractivity (Wildman–Crippen MR) is 94.9 cm³/mol. The molecule has 134 valence electrons. The van der Waals surface area contributed by atoms with E-state index in [1.165, 1.54) is 18.2 Å². The molecule has 10 heteroatoms. The van der Waals surface area contributed by atoms with E-state index in [1.54, 1.807) is 12.1 Å². The minimum Gasteiger partial charge on any atom is -0.335 e. The molecule has 1 heterocycles. The number of benzene rings is 1. The van der Waals surface area contributed by atoms with Crippen molar-refractivity contribution in [2.75, 3.05) is 0 Å². The number of hydrogen-bond donors (Lipinski definition) is 4. The van der Waals surface area contributed by atoms with Gasteiger partial charge in [-0.1, -0.05) is 25.5 Å². The average Bonchev–Trinajstić information content (AvgIpc) is 2.53. The SMILES string of the molecule is CCCc1ccc(S(=O)(=O)NNC(=O)Cc2cc(=O)[nH]c(=S)[nH]2)cc1. The lowest BCUT2D eigenvalue weighted by atomic mass is 10.1. The summed E-state index contributed by atoms with van der Waals surface area (Å²) in [6.45, 7) is 2.04. The third-order valence-corrected chi connectivity index (χ3v) is 4.73. The molecule has 1 amide bonds. The molecule has 0 atom stereocenters. The summed E-state index contributed by atoms with van der Waals surface area (Å²) in [6, 6.07) is 7.60. The number of rotatable bonds is 7. The first-order valence-corrected chi connectivity index (χ1v) is 9.41. The number of carbonyl (C=O) groups is 1. The largest absolute Gasteiger partial charge is 0.335 e. The monoisotopic (exact) mass is 382 g/mol. The molecule has 0 spiro atoms. The Hall–Kier alpha value is -2.30. The highest BCUT2D eigenvalue weighted by Gasteiger charge is 2.15. The van der Waals surface area contributed by atoms with Crippen LogP contribution in [-0.4, -0.2) is 24.3 Å². The van der Waals surface area contributed by atoms with Crippen LogP contribution in [0.5, 0.6) is 0 Å². The molecule has 25 heavy (non-hydrogen) atoms. The van der Waals surface area contributed by atoms with E-state index in [-0.39, 0.29) is 21.8 Å². The Morgan fingerprint density at radius 2 is 1.88 bits per heavy atom. The van der Waals surface area contributed by atoms with Crippen molar-refractivity contribution in [3.8, 4) is 0 Å². The summed E-state index contributed by atoms with van der Waals surface area (Å²) in [7, 11) is -3.88.